The monoisotopic (exact) mass is 305 g/mol. The maximum Gasteiger partial charge on any atom is 0.338 e. The number of hydrogen-bond donors (Lipinski definition) is 1. The molecule has 1 aromatic rings. The Morgan fingerprint density at radius 3 is 2.36 bits per heavy atom. The van der Waals surface area contributed by atoms with Crippen molar-refractivity contribution in [2.75, 3.05) is 18.5 Å². The zero-order valence-corrected chi connectivity index (χ0v) is 14.2. The van der Waals surface area contributed by atoms with Crippen LogP contribution in [0.15, 0.2) is 24.3 Å². The van der Waals surface area contributed by atoms with Gasteiger partial charge in [0.25, 0.3) is 0 Å². The van der Waals surface area contributed by atoms with Crippen LogP contribution in [0.4, 0.5) is 5.69 Å². The highest BCUT2D eigenvalue weighted by Gasteiger charge is 2.06. The number of nitrogens with one attached hydrogen (secondary N) is 1. The molecule has 0 aliphatic carbocycles. The number of carbonyl (C=O) groups is 1. The highest BCUT2D eigenvalue weighted by Crippen LogP contribution is 2.13. The van der Waals surface area contributed by atoms with Crippen molar-refractivity contribution in [3.63, 3.8) is 0 Å². The number of unbranched alkanes of at least 4 members (excludes halogenated alkanes) is 7. The van der Waals surface area contributed by atoms with Gasteiger partial charge in [0.05, 0.1) is 12.2 Å². The van der Waals surface area contributed by atoms with E-state index in [4.69, 9.17) is 4.74 Å². The second-order valence-electron chi connectivity index (χ2n) is 5.70. The van der Waals surface area contributed by atoms with Crippen LogP contribution in [0.5, 0.6) is 0 Å². The molecule has 124 valence electrons. The van der Waals surface area contributed by atoms with E-state index in [-0.39, 0.29) is 5.97 Å². The number of anilines is 1. The Morgan fingerprint density at radius 1 is 1.00 bits per heavy atom. The molecule has 0 atom stereocenters. The van der Waals surface area contributed by atoms with E-state index in [1.165, 1.54) is 51.4 Å². The van der Waals surface area contributed by atoms with Gasteiger partial charge in [0.1, 0.15) is 0 Å². The van der Waals surface area contributed by atoms with Crippen molar-refractivity contribution in [2.45, 2.75) is 65.2 Å². The van der Waals surface area contributed by atoms with Crippen LogP contribution in [0.25, 0.3) is 0 Å². The van der Waals surface area contributed by atoms with Crippen LogP contribution in [0, 0.1) is 0 Å². The predicted octanol–water partition coefficient (Wildman–Crippen LogP) is 5.42. The zero-order chi connectivity index (χ0) is 16.0. The van der Waals surface area contributed by atoms with Crippen LogP contribution in [0.3, 0.4) is 0 Å². The molecular formula is C19H31NO2. The van der Waals surface area contributed by atoms with E-state index in [1.807, 2.05) is 25.1 Å². The van der Waals surface area contributed by atoms with E-state index in [0.717, 1.165) is 12.2 Å². The van der Waals surface area contributed by atoms with Gasteiger partial charge in [0.2, 0.25) is 0 Å². The first-order valence-corrected chi connectivity index (χ1v) is 8.79. The molecule has 0 heterocycles. The normalized spacial score (nSPS) is 10.5. The molecule has 0 saturated carbocycles. The number of benzene rings is 1. The molecule has 0 aromatic heterocycles. The second-order valence-corrected chi connectivity index (χ2v) is 5.70. The van der Waals surface area contributed by atoms with Crippen molar-refractivity contribution in [3.8, 4) is 0 Å². The first-order chi connectivity index (χ1) is 10.8. The summed E-state index contributed by atoms with van der Waals surface area (Å²) in [4.78, 5) is 11.7. The Bertz CT molecular complexity index is 418. The molecule has 1 N–H and O–H groups in total. The van der Waals surface area contributed by atoms with E-state index in [0.29, 0.717) is 12.2 Å². The van der Waals surface area contributed by atoms with Crippen molar-refractivity contribution in [1.82, 2.24) is 0 Å². The molecule has 0 saturated heterocycles. The lowest BCUT2D eigenvalue weighted by Gasteiger charge is -2.08. The van der Waals surface area contributed by atoms with Gasteiger partial charge in [-0.25, -0.2) is 4.79 Å². The minimum atomic E-state index is -0.252. The van der Waals surface area contributed by atoms with Crippen LogP contribution in [0.1, 0.15) is 75.6 Å². The minimum Gasteiger partial charge on any atom is -0.462 e. The summed E-state index contributed by atoms with van der Waals surface area (Å²) >= 11 is 0. The topological polar surface area (TPSA) is 38.3 Å². The molecule has 0 fully saturated rings. The van der Waals surface area contributed by atoms with Crippen molar-refractivity contribution < 1.29 is 9.53 Å². The molecule has 0 aliphatic heterocycles. The standard InChI is InChI=1S/C19H31NO2/c1-3-5-6-7-8-9-10-11-15-20-18-14-12-13-17(16-18)19(21)22-4-2/h12-14,16,20H,3-11,15H2,1-2H3. The molecule has 0 aliphatic rings. The third kappa shape index (κ3) is 8.06. The molecule has 0 spiro atoms. The van der Waals surface area contributed by atoms with Crippen molar-refractivity contribution in [1.29, 1.82) is 0 Å². The summed E-state index contributed by atoms with van der Waals surface area (Å²) in [6.45, 7) is 5.45. The Kier molecular flexibility index (Phi) is 10.2. The molecule has 1 rings (SSSR count). The fourth-order valence-electron chi connectivity index (χ4n) is 2.46. The van der Waals surface area contributed by atoms with Gasteiger partial charge in [-0.2, -0.15) is 0 Å². The predicted molar refractivity (Wildman–Crippen MR) is 93.5 cm³/mol. The summed E-state index contributed by atoms with van der Waals surface area (Å²) in [7, 11) is 0. The SMILES string of the molecule is CCCCCCCCCCNc1cccc(C(=O)OCC)c1. The Balaban J connectivity index is 2.14. The first-order valence-electron chi connectivity index (χ1n) is 8.79. The number of ether oxygens (including phenoxy) is 1. The van der Waals surface area contributed by atoms with E-state index < -0.39 is 0 Å². The fourth-order valence-corrected chi connectivity index (χ4v) is 2.46. The lowest BCUT2D eigenvalue weighted by atomic mass is 10.1. The zero-order valence-electron chi connectivity index (χ0n) is 14.2. The van der Waals surface area contributed by atoms with Crippen molar-refractivity contribution in [3.05, 3.63) is 29.8 Å². The summed E-state index contributed by atoms with van der Waals surface area (Å²) in [5.74, 6) is -0.252. The van der Waals surface area contributed by atoms with E-state index in [1.54, 1.807) is 6.07 Å². The smallest absolute Gasteiger partial charge is 0.338 e. The second kappa shape index (κ2) is 12.1. The Hall–Kier alpha value is -1.51. The molecule has 3 heteroatoms. The first kappa shape index (κ1) is 18.5. The summed E-state index contributed by atoms with van der Waals surface area (Å²) in [5, 5.41) is 3.39. The lowest BCUT2D eigenvalue weighted by Crippen LogP contribution is -2.06. The molecule has 1 aromatic carbocycles. The van der Waals surface area contributed by atoms with Gasteiger partial charge in [-0.1, -0.05) is 57.9 Å². The molecule has 3 nitrogen and oxygen atoms in total. The van der Waals surface area contributed by atoms with Gasteiger partial charge in [-0.15, -0.1) is 0 Å². The quantitative estimate of drug-likeness (QED) is 0.414. The van der Waals surface area contributed by atoms with Gasteiger partial charge in [0.15, 0.2) is 0 Å². The number of carbonyl (C=O) groups excluding carboxylic acids is 1. The maximum atomic E-state index is 11.7. The van der Waals surface area contributed by atoms with Crippen LogP contribution in [0.2, 0.25) is 0 Å². The van der Waals surface area contributed by atoms with Crippen molar-refractivity contribution in [2.24, 2.45) is 0 Å². The highest BCUT2D eigenvalue weighted by molar-refractivity contribution is 5.90. The fraction of sp³-hybridized carbons (Fsp3) is 0.632. The number of esters is 1. The largest absolute Gasteiger partial charge is 0.462 e. The number of rotatable bonds is 12. The van der Waals surface area contributed by atoms with Crippen LogP contribution < -0.4 is 5.32 Å². The van der Waals surface area contributed by atoms with Gasteiger partial charge in [-0.05, 0) is 31.5 Å². The molecular weight excluding hydrogens is 274 g/mol. The third-order valence-corrected chi connectivity index (χ3v) is 3.73. The van der Waals surface area contributed by atoms with Gasteiger partial charge >= 0.3 is 5.97 Å². The number of hydrogen-bond acceptors (Lipinski definition) is 3. The molecule has 0 unspecified atom stereocenters. The van der Waals surface area contributed by atoms with Crippen LogP contribution in [-0.4, -0.2) is 19.1 Å². The maximum absolute atomic E-state index is 11.7. The van der Waals surface area contributed by atoms with Gasteiger partial charge in [0, 0.05) is 12.2 Å². The van der Waals surface area contributed by atoms with Crippen LogP contribution >= 0.6 is 0 Å². The van der Waals surface area contributed by atoms with Crippen molar-refractivity contribution >= 4 is 11.7 Å². The highest BCUT2D eigenvalue weighted by atomic mass is 16.5. The molecule has 22 heavy (non-hydrogen) atoms. The van der Waals surface area contributed by atoms with Gasteiger partial charge < -0.3 is 10.1 Å². The minimum absolute atomic E-state index is 0.252. The van der Waals surface area contributed by atoms with E-state index in [2.05, 4.69) is 12.2 Å². The van der Waals surface area contributed by atoms with Crippen LogP contribution in [-0.2, 0) is 4.74 Å². The average molecular weight is 305 g/mol. The summed E-state index contributed by atoms with van der Waals surface area (Å²) in [6, 6.07) is 7.54. The summed E-state index contributed by atoms with van der Waals surface area (Å²) in [6.07, 6.45) is 10.6. The average Bonchev–Trinajstić information content (AvgIpc) is 2.54. The Morgan fingerprint density at radius 2 is 1.68 bits per heavy atom. The summed E-state index contributed by atoms with van der Waals surface area (Å²) < 4.78 is 5.01. The third-order valence-electron chi connectivity index (χ3n) is 3.73. The lowest BCUT2D eigenvalue weighted by molar-refractivity contribution is 0.0526. The van der Waals surface area contributed by atoms with E-state index >= 15 is 0 Å². The van der Waals surface area contributed by atoms with E-state index in [9.17, 15) is 4.79 Å². The molecule has 0 radical (unpaired) electrons. The Labute approximate surface area is 135 Å². The van der Waals surface area contributed by atoms with Gasteiger partial charge in [-0.3, -0.25) is 0 Å². The molecule has 0 amide bonds. The molecule has 0 bridgehead atoms. The summed E-state index contributed by atoms with van der Waals surface area (Å²) in [5.41, 5.74) is 1.61.